The molecule has 3 rings (SSSR count). The summed E-state index contributed by atoms with van der Waals surface area (Å²) < 4.78 is 5.61. The molecule has 28 heavy (non-hydrogen) atoms. The lowest BCUT2D eigenvalue weighted by molar-refractivity contribution is 0.0734. The number of hydrogen-bond donors (Lipinski definition) is 0. The zero-order valence-electron chi connectivity index (χ0n) is 17.5. The van der Waals surface area contributed by atoms with E-state index in [1.807, 2.05) is 36.4 Å². The molecule has 1 aliphatic rings. The molecule has 2 nitrogen and oxygen atoms in total. The lowest BCUT2D eigenvalue weighted by Crippen LogP contribution is -2.29. The van der Waals surface area contributed by atoms with Gasteiger partial charge in [0.25, 0.3) is 0 Å². The van der Waals surface area contributed by atoms with Crippen LogP contribution in [0.2, 0.25) is 0 Å². The highest BCUT2D eigenvalue weighted by Gasteiger charge is 2.33. The van der Waals surface area contributed by atoms with E-state index >= 15 is 0 Å². The Kier molecular flexibility index (Phi) is 7.30. The van der Waals surface area contributed by atoms with E-state index in [2.05, 4.69) is 26.0 Å². The second-order valence-corrected chi connectivity index (χ2v) is 8.26. The molecule has 2 aromatic rings. The van der Waals surface area contributed by atoms with Gasteiger partial charge < -0.3 is 4.74 Å². The number of esters is 1. The van der Waals surface area contributed by atoms with Gasteiger partial charge in [0.05, 0.1) is 5.56 Å². The van der Waals surface area contributed by atoms with E-state index < -0.39 is 0 Å². The van der Waals surface area contributed by atoms with Gasteiger partial charge in [-0.15, -0.1) is 0 Å². The molecule has 1 fully saturated rings. The molecular weight excluding hydrogens is 344 g/mol. The Morgan fingerprint density at radius 2 is 1.57 bits per heavy atom. The van der Waals surface area contributed by atoms with Crippen molar-refractivity contribution in [3.63, 3.8) is 0 Å². The first kappa shape index (κ1) is 20.6. The summed E-state index contributed by atoms with van der Waals surface area (Å²) in [6, 6.07) is 16.0. The molecule has 1 aliphatic carbocycles. The SMILES string of the molecule is CCCCCC1(c2ccc(OC(=O)c3ccc(CC)cc3)cc2)CCCCC1. The van der Waals surface area contributed by atoms with Crippen LogP contribution in [0.25, 0.3) is 0 Å². The third kappa shape index (κ3) is 5.04. The van der Waals surface area contributed by atoms with Gasteiger partial charge >= 0.3 is 5.97 Å². The van der Waals surface area contributed by atoms with Crippen molar-refractivity contribution >= 4 is 5.97 Å². The van der Waals surface area contributed by atoms with Crippen molar-refractivity contribution < 1.29 is 9.53 Å². The average molecular weight is 379 g/mol. The number of unbranched alkanes of at least 4 members (excludes halogenated alkanes) is 2. The highest BCUT2D eigenvalue weighted by Crippen LogP contribution is 2.43. The summed E-state index contributed by atoms with van der Waals surface area (Å²) >= 11 is 0. The maximum Gasteiger partial charge on any atom is 0.343 e. The Hall–Kier alpha value is -2.09. The van der Waals surface area contributed by atoms with E-state index in [-0.39, 0.29) is 5.97 Å². The van der Waals surface area contributed by atoms with Gasteiger partial charge in [0.2, 0.25) is 0 Å². The molecule has 0 atom stereocenters. The van der Waals surface area contributed by atoms with Gasteiger partial charge in [0, 0.05) is 0 Å². The smallest absolute Gasteiger partial charge is 0.343 e. The zero-order valence-corrected chi connectivity index (χ0v) is 17.5. The standard InChI is InChI=1S/C26H34O2/c1-3-5-7-18-26(19-8-6-9-20-26)23-14-16-24(17-15-23)28-25(27)22-12-10-21(4-2)11-13-22/h10-17H,3-9,18-20H2,1-2H3. The van der Waals surface area contributed by atoms with Gasteiger partial charge in [-0.05, 0) is 66.5 Å². The first-order valence-corrected chi connectivity index (χ1v) is 11.1. The van der Waals surface area contributed by atoms with E-state index in [0.717, 1.165) is 6.42 Å². The first-order chi connectivity index (χ1) is 13.7. The molecule has 1 saturated carbocycles. The molecule has 0 bridgehead atoms. The van der Waals surface area contributed by atoms with Crippen LogP contribution in [-0.2, 0) is 11.8 Å². The summed E-state index contributed by atoms with van der Waals surface area (Å²) in [6.07, 6.45) is 12.7. The van der Waals surface area contributed by atoms with E-state index in [0.29, 0.717) is 16.7 Å². The molecule has 0 aromatic heterocycles. The molecule has 0 spiro atoms. The van der Waals surface area contributed by atoms with Crippen LogP contribution in [0, 0.1) is 0 Å². The fourth-order valence-corrected chi connectivity index (χ4v) is 4.54. The normalized spacial score (nSPS) is 15.9. The van der Waals surface area contributed by atoms with Crippen molar-refractivity contribution in [1.29, 1.82) is 0 Å². The van der Waals surface area contributed by atoms with Crippen molar-refractivity contribution in [1.82, 2.24) is 0 Å². The van der Waals surface area contributed by atoms with Gasteiger partial charge in [-0.2, -0.15) is 0 Å². The van der Waals surface area contributed by atoms with E-state index in [4.69, 9.17) is 4.74 Å². The minimum Gasteiger partial charge on any atom is -0.423 e. The molecule has 0 aliphatic heterocycles. The maximum absolute atomic E-state index is 12.4. The lowest BCUT2D eigenvalue weighted by Gasteiger charge is -2.38. The van der Waals surface area contributed by atoms with E-state index in [9.17, 15) is 4.79 Å². The van der Waals surface area contributed by atoms with Gasteiger partial charge in [-0.1, -0.05) is 76.6 Å². The fourth-order valence-electron chi connectivity index (χ4n) is 4.54. The van der Waals surface area contributed by atoms with Gasteiger partial charge in [0.15, 0.2) is 0 Å². The Labute approximate surface area is 170 Å². The fraction of sp³-hybridized carbons (Fsp3) is 0.500. The highest BCUT2D eigenvalue weighted by molar-refractivity contribution is 5.91. The maximum atomic E-state index is 12.4. The minimum absolute atomic E-state index is 0.286. The lowest BCUT2D eigenvalue weighted by atomic mass is 9.66. The molecule has 2 heteroatoms. The van der Waals surface area contributed by atoms with Crippen LogP contribution in [-0.4, -0.2) is 5.97 Å². The second-order valence-electron chi connectivity index (χ2n) is 8.26. The predicted molar refractivity (Wildman–Crippen MR) is 116 cm³/mol. The summed E-state index contributed by atoms with van der Waals surface area (Å²) in [4.78, 5) is 12.4. The van der Waals surface area contributed by atoms with Crippen LogP contribution in [0.1, 0.15) is 93.1 Å². The van der Waals surface area contributed by atoms with Crippen LogP contribution >= 0.6 is 0 Å². The Morgan fingerprint density at radius 3 is 2.18 bits per heavy atom. The Bertz CT molecular complexity index is 737. The van der Waals surface area contributed by atoms with Gasteiger partial charge in [-0.25, -0.2) is 4.79 Å². The van der Waals surface area contributed by atoms with Crippen LogP contribution in [0.15, 0.2) is 48.5 Å². The van der Waals surface area contributed by atoms with Crippen molar-refractivity contribution in [2.45, 2.75) is 83.5 Å². The molecule has 0 heterocycles. The Balaban J connectivity index is 1.69. The number of aryl methyl sites for hydroxylation is 1. The summed E-state index contributed by atoms with van der Waals surface area (Å²) in [5, 5.41) is 0. The number of carbonyl (C=O) groups excluding carboxylic acids is 1. The van der Waals surface area contributed by atoms with Crippen LogP contribution in [0.3, 0.4) is 0 Å². The minimum atomic E-state index is -0.286. The van der Waals surface area contributed by atoms with Crippen LogP contribution in [0.4, 0.5) is 0 Å². The molecule has 2 aromatic carbocycles. The third-order valence-electron chi connectivity index (χ3n) is 6.34. The molecule has 0 amide bonds. The average Bonchev–Trinajstić information content (AvgIpc) is 2.75. The number of carbonyl (C=O) groups is 1. The summed E-state index contributed by atoms with van der Waals surface area (Å²) in [5.41, 5.74) is 3.58. The molecule has 0 N–H and O–H groups in total. The topological polar surface area (TPSA) is 26.3 Å². The predicted octanol–water partition coefficient (Wildman–Crippen LogP) is 7.25. The largest absolute Gasteiger partial charge is 0.423 e. The van der Waals surface area contributed by atoms with Gasteiger partial charge in [0.1, 0.15) is 5.75 Å². The van der Waals surface area contributed by atoms with Crippen molar-refractivity contribution in [2.24, 2.45) is 0 Å². The summed E-state index contributed by atoms with van der Waals surface area (Å²) in [6.45, 7) is 4.38. The third-order valence-corrected chi connectivity index (χ3v) is 6.34. The summed E-state index contributed by atoms with van der Waals surface area (Å²) in [7, 11) is 0. The number of benzene rings is 2. The highest BCUT2D eigenvalue weighted by atomic mass is 16.5. The van der Waals surface area contributed by atoms with E-state index in [1.54, 1.807) is 0 Å². The monoisotopic (exact) mass is 378 g/mol. The van der Waals surface area contributed by atoms with Crippen LogP contribution in [0.5, 0.6) is 5.75 Å². The molecule has 0 radical (unpaired) electrons. The van der Waals surface area contributed by atoms with Crippen molar-refractivity contribution in [2.75, 3.05) is 0 Å². The van der Waals surface area contributed by atoms with Crippen LogP contribution < -0.4 is 4.74 Å². The molecule has 150 valence electrons. The number of hydrogen-bond acceptors (Lipinski definition) is 2. The molecular formula is C26H34O2. The number of ether oxygens (including phenoxy) is 1. The van der Waals surface area contributed by atoms with Crippen molar-refractivity contribution in [3.8, 4) is 5.75 Å². The second kappa shape index (κ2) is 9.91. The Morgan fingerprint density at radius 1 is 0.893 bits per heavy atom. The van der Waals surface area contributed by atoms with Gasteiger partial charge in [-0.3, -0.25) is 0 Å². The number of rotatable bonds is 8. The molecule has 0 unspecified atom stereocenters. The zero-order chi connectivity index (χ0) is 19.8. The first-order valence-electron chi connectivity index (χ1n) is 11.1. The van der Waals surface area contributed by atoms with E-state index in [1.165, 1.54) is 68.9 Å². The summed E-state index contributed by atoms with van der Waals surface area (Å²) in [5.74, 6) is 0.346. The molecule has 0 saturated heterocycles. The van der Waals surface area contributed by atoms with Crippen molar-refractivity contribution in [3.05, 3.63) is 65.2 Å². The quantitative estimate of drug-likeness (QED) is 0.275.